The zero-order valence-electron chi connectivity index (χ0n) is 9.73. The zero-order chi connectivity index (χ0) is 14.6. The Morgan fingerprint density at radius 3 is 2.63 bits per heavy atom. The number of ether oxygens (including phenoxy) is 1. The maximum absolute atomic E-state index is 12.4. The van der Waals surface area contributed by atoms with E-state index in [0.717, 1.165) is 0 Å². The van der Waals surface area contributed by atoms with Gasteiger partial charge in [-0.2, -0.15) is 13.2 Å². The first-order valence-corrected chi connectivity index (χ1v) is 5.11. The van der Waals surface area contributed by atoms with Gasteiger partial charge in [-0.1, -0.05) is 0 Å². The Bertz CT molecular complexity index is 502. The van der Waals surface area contributed by atoms with Gasteiger partial charge in [0.25, 0.3) is 5.69 Å². The molecule has 19 heavy (non-hydrogen) atoms. The van der Waals surface area contributed by atoms with Crippen LogP contribution in [0.15, 0.2) is 12.3 Å². The summed E-state index contributed by atoms with van der Waals surface area (Å²) in [5, 5.41) is 10.7. The van der Waals surface area contributed by atoms with E-state index < -0.39 is 34.7 Å². The van der Waals surface area contributed by atoms with Crippen molar-refractivity contribution in [3.8, 4) is 0 Å². The van der Waals surface area contributed by atoms with Crippen molar-refractivity contribution < 1.29 is 27.6 Å². The van der Waals surface area contributed by atoms with Gasteiger partial charge in [-0.3, -0.25) is 19.9 Å². The molecule has 0 aliphatic carbocycles. The van der Waals surface area contributed by atoms with Crippen LogP contribution in [0, 0.1) is 10.1 Å². The summed E-state index contributed by atoms with van der Waals surface area (Å²) in [5.74, 6) is -0.794. The monoisotopic (exact) mass is 278 g/mol. The van der Waals surface area contributed by atoms with Crippen LogP contribution in [0.5, 0.6) is 0 Å². The Labute approximate surface area is 105 Å². The number of carbonyl (C=O) groups excluding carboxylic acids is 1. The Kier molecular flexibility index (Phi) is 4.41. The van der Waals surface area contributed by atoms with Gasteiger partial charge in [0.15, 0.2) is 0 Å². The molecule has 0 fully saturated rings. The molecule has 9 heteroatoms. The standard InChI is InChI=1S/C10H9F3N2O4/c1-2-19-9(16)4-7-8(15(17)18)3-6(5-14-7)10(11,12)13/h3,5H,2,4H2,1H3. The Morgan fingerprint density at radius 1 is 1.53 bits per heavy atom. The van der Waals surface area contributed by atoms with Crippen molar-refractivity contribution in [2.75, 3.05) is 6.61 Å². The van der Waals surface area contributed by atoms with Gasteiger partial charge in [0.2, 0.25) is 0 Å². The molecule has 0 aliphatic rings. The molecule has 1 rings (SSSR count). The van der Waals surface area contributed by atoms with E-state index in [-0.39, 0.29) is 12.3 Å². The molecule has 0 bridgehead atoms. The average molecular weight is 278 g/mol. The van der Waals surface area contributed by atoms with Gasteiger partial charge in [0.1, 0.15) is 5.69 Å². The summed E-state index contributed by atoms with van der Waals surface area (Å²) in [6.45, 7) is 1.60. The molecule has 1 aromatic heterocycles. The lowest BCUT2D eigenvalue weighted by molar-refractivity contribution is -0.386. The molecule has 0 N–H and O–H groups in total. The van der Waals surface area contributed by atoms with E-state index in [1.54, 1.807) is 0 Å². The first-order valence-electron chi connectivity index (χ1n) is 5.11. The third kappa shape index (κ3) is 3.90. The van der Waals surface area contributed by atoms with Crippen molar-refractivity contribution >= 4 is 11.7 Å². The summed E-state index contributed by atoms with van der Waals surface area (Å²) in [5.41, 5.74) is -2.47. The number of carbonyl (C=O) groups is 1. The maximum atomic E-state index is 12.4. The van der Waals surface area contributed by atoms with Crippen molar-refractivity contribution in [1.82, 2.24) is 4.98 Å². The van der Waals surface area contributed by atoms with E-state index in [1.165, 1.54) is 6.92 Å². The number of esters is 1. The molecule has 0 radical (unpaired) electrons. The highest BCUT2D eigenvalue weighted by atomic mass is 19.4. The summed E-state index contributed by atoms with van der Waals surface area (Å²) in [6, 6.07) is 0.349. The van der Waals surface area contributed by atoms with Gasteiger partial charge in [0, 0.05) is 12.3 Å². The van der Waals surface area contributed by atoms with E-state index >= 15 is 0 Å². The highest BCUT2D eigenvalue weighted by molar-refractivity contribution is 5.73. The first kappa shape index (κ1) is 14.9. The molecule has 0 saturated heterocycles. The lowest BCUT2D eigenvalue weighted by Gasteiger charge is -2.07. The number of rotatable bonds is 4. The van der Waals surface area contributed by atoms with Crippen LogP contribution in [-0.4, -0.2) is 22.5 Å². The Morgan fingerprint density at radius 2 is 2.16 bits per heavy atom. The fraction of sp³-hybridized carbons (Fsp3) is 0.400. The normalized spacial score (nSPS) is 11.2. The smallest absolute Gasteiger partial charge is 0.418 e. The maximum Gasteiger partial charge on any atom is 0.418 e. The lowest BCUT2D eigenvalue weighted by Crippen LogP contribution is -2.13. The molecule has 0 aliphatic heterocycles. The van der Waals surface area contributed by atoms with E-state index in [9.17, 15) is 28.1 Å². The number of pyridine rings is 1. The van der Waals surface area contributed by atoms with Crippen molar-refractivity contribution in [2.45, 2.75) is 19.5 Å². The van der Waals surface area contributed by atoms with Crippen LogP contribution in [0.2, 0.25) is 0 Å². The molecule has 6 nitrogen and oxygen atoms in total. The summed E-state index contributed by atoms with van der Waals surface area (Å²) in [6.07, 6.45) is -4.84. The summed E-state index contributed by atoms with van der Waals surface area (Å²) in [4.78, 5) is 24.2. The molecule has 104 valence electrons. The second-order valence-electron chi connectivity index (χ2n) is 3.43. The number of hydrogen-bond acceptors (Lipinski definition) is 5. The highest BCUT2D eigenvalue weighted by Gasteiger charge is 2.34. The van der Waals surface area contributed by atoms with Gasteiger partial charge in [-0.15, -0.1) is 0 Å². The SMILES string of the molecule is CCOC(=O)Cc1ncc(C(F)(F)F)cc1[N+](=O)[O-]. The molecule has 0 unspecified atom stereocenters. The molecule has 0 saturated carbocycles. The topological polar surface area (TPSA) is 82.3 Å². The molecule has 0 atom stereocenters. The predicted molar refractivity (Wildman–Crippen MR) is 56.2 cm³/mol. The minimum atomic E-state index is -4.74. The van der Waals surface area contributed by atoms with Gasteiger partial charge < -0.3 is 4.74 Å². The fourth-order valence-electron chi connectivity index (χ4n) is 1.28. The van der Waals surface area contributed by atoms with Crippen molar-refractivity contribution in [3.63, 3.8) is 0 Å². The molecular formula is C10H9F3N2O4. The quantitative estimate of drug-likeness (QED) is 0.478. The van der Waals surface area contributed by atoms with Gasteiger partial charge in [-0.25, -0.2) is 0 Å². The van der Waals surface area contributed by atoms with E-state index in [0.29, 0.717) is 12.3 Å². The van der Waals surface area contributed by atoms with Gasteiger partial charge in [0.05, 0.1) is 23.5 Å². The highest BCUT2D eigenvalue weighted by Crippen LogP contribution is 2.31. The van der Waals surface area contributed by atoms with Crippen molar-refractivity contribution in [1.29, 1.82) is 0 Å². The van der Waals surface area contributed by atoms with Crippen LogP contribution in [0.1, 0.15) is 18.2 Å². The number of alkyl halides is 3. The molecular weight excluding hydrogens is 269 g/mol. The fourth-order valence-corrected chi connectivity index (χ4v) is 1.28. The second-order valence-corrected chi connectivity index (χ2v) is 3.43. The first-order chi connectivity index (χ1) is 8.75. The molecule has 0 aromatic carbocycles. The third-order valence-electron chi connectivity index (χ3n) is 2.09. The number of nitrogens with zero attached hydrogens (tertiary/aromatic N) is 2. The number of aromatic nitrogens is 1. The average Bonchev–Trinajstić information content (AvgIpc) is 2.27. The van der Waals surface area contributed by atoms with Crippen LogP contribution < -0.4 is 0 Å². The van der Waals surface area contributed by atoms with Crippen LogP contribution >= 0.6 is 0 Å². The van der Waals surface area contributed by atoms with Crippen LogP contribution in [0.4, 0.5) is 18.9 Å². The number of hydrogen-bond donors (Lipinski definition) is 0. The van der Waals surface area contributed by atoms with E-state index in [4.69, 9.17) is 0 Å². The zero-order valence-corrected chi connectivity index (χ0v) is 9.73. The van der Waals surface area contributed by atoms with Crippen molar-refractivity contribution in [3.05, 3.63) is 33.6 Å². The molecule has 1 aromatic rings. The second kappa shape index (κ2) is 5.63. The summed E-state index contributed by atoms with van der Waals surface area (Å²) < 4.78 is 41.7. The molecule has 0 spiro atoms. The number of halogens is 3. The van der Waals surface area contributed by atoms with E-state index in [2.05, 4.69) is 9.72 Å². The lowest BCUT2D eigenvalue weighted by atomic mass is 10.2. The Balaban J connectivity index is 3.12. The van der Waals surface area contributed by atoms with Gasteiger partial charge >= 0.3 is 12.1 Å². The minimum absolute atomic E-state index is 0.0628. The van der Waals surface area contributed by atoms with Crippen LogP contribution in [0.3, 0.4) is 0 Å². The van der Waals surface area contributed by atoms with Gasteiger partial charge in [-0.05, 0) is 6.92 Å². The number of nitro groups is 1. The molecule has 1 heterocycles. The van der Waals surface area contributed by atoms with Crippen molar-refractivity contribution in [2.24, 2.45) is 0 Å². The molecule has 0 amide bonds. The third-order valence-corrected chi connectivity index (χ3v) is 2.09. The largest absolute Gasteiger partial charge is 0.466 e. The summed E-state index contributed by atoms with van der Waals surface area (Å²) in [7, 11) is 0. The summed E-state index contributed by atoms with van der Waals surface area (Å²) >= 11 is 0. The van der Waals surface area contributed by atoms with Crippen LogP contribution in [-0.2, 0) is 22.1 Å². The predicted octanol–water partition coefficient (Wildman–Crippen LogP) is 2.11. The van der Waals surface area contributed by atoms with E-state index in [1.807, 2.05) is 0 Å². The van der Waals surface area contributed by atoms with Crippen LogP contribution in [0.25, 0.3) is 0 Å². The Hall–Kier alpha value is -2.19. The minimum Gasteiger partial charge on any atom is -0.466 e.